The first-order valence-electron chi connectivity index (χ1n) is 6.74. The van der Waals surface area contributed by atoms with Crippen LogP contribution in [0.2, 0.25) is 0 Å². The number of nitrogens with two attached hydrogens (primary N) is 1. The number of nitrogen functional groups attached to an aromatic ring is 1. The lowest BCUT2D eigenvalue weighted by Crippen LogP contribution is -2.10. The van der Waals surface area contributed by atoms with E-state index in [2.05, 4.69) is 53.5 Å². The van der Waals surface area contributed by atoms with Crippen molar-refractivity contribution < 1.29 is 0 Å². The third-order valence-corrected chi connectivity index (χ3v) is 3.97. The summed E-state index contributed by atoms with van der Waals surface area (Å²) in [5.41, 5.74) is 5.25. The highest BCUT2D eigenvalue weighted by Gasteiger charge is 2.05. The van der Waals surface area contributed by atoms with Gasteiger partial charge in [0.05, 0.1) is 0 Å². The van der Waals surface area contributed by atoms with E-state index in [0.29, 0.717) is 5.82 Å². The minimum absolute atomic E-state index is 0.677. The number of aryl methyl sites for hydroxylation is 2. The van der Waals surface area contributed by atoms with Gasteiger partial charge in [-0.05, 0) is 24.5 Å². The Labute approximate surface area is 124 Å². The number of thioether (sulfide) groups is 1. The summed E-state index contributed by atoms with van der Waals surface area (Å²) in [6.07, 6.45) is 1.89. The number of nitrogens with zero attached hydrogens (tertiary/aromatic N) is 2. The Bertz CT molecular complexity index is 572. The molecule has 0 unspecified atom stereocenters. The molecular weight excluding hydrogens is 268 g/mol. The first-order chi connectivity index (χ1) is 9.72. The smallest absolute Gasteiger partial charge is 0.144 e. The maximum Gasteiger partial charge on any atom is 0.144 e. The number of hydrazine groups is 1. The summed E-state index contributed by atoms with van der Waals surface area (Å²) in [5, 5.41) is 0.958. The van der Waals surface area contributed by atoms with E-state index in [9.17, 15) is 0 Å². The number of benzene rings is 1. The molecule has 1 aromatic heterocycles. The third-order valence-electron chi connectivity index (χ3n) is 3.01. The first-order valence-corrected chi connectivity index (χ1v) is 7.73. The van der Waals surface area contributed by atoms with Crippen LogP contribution in [0.15, 0.2) is 35.4 Å². The van der Waals surface area contributed by atoms with Gasteiger partial charge in [0.25, 0.3) is 0 Å². The number of aromatic nitrogens is 2. The molecule has 0 saturated carbocycles. The van der Waals surface area contributed by atoms with Crippen LogP contribution in [0.1, 0.15) is 30.3 Å². The second kappa shape index (κ2) is 7.26. The zero-order valence-electron chi connectivity index (χ0n) is 11.9. The molecular formula is C15H20N4S. The Morgan fingerprint density at radius 2 is 2.05 bits per heavy atom. The molecule has 20 heavy (non-hydrogen) atoms. The van der Waals surface area contributed by atoms with Gasteiger partial charge in [-0.1, -0.05) is 31.2 Å². The van der Waals surface area contributed by atoms with Crippen molar-refractivity contribution in [3.63, 3.8) is 0 Å². The van der Waals surface area contributed by atoms with Gasteiger partial charge in [0.15, 0.2) is 0 Å². The van der Waals surface area contributed by atoms with Crippen LogP contribution < -0.4 is 11.3 Å². The molecule has 0 aliphatic carbocycles. The van der Waals surface area contributed by atoms with E-state index in [0.717, 1.165) is 29.4 Å². The minimum atomic E-state index is 0.677. The predicted molar refractivity (Wildman–Crippen MR) is 84.6 cm³/mol. The van der Waals surface area contributed by atoms with Crippen LogP contribution in [-0.2, 0) is 12.2 Å². The second-order valence-electron chi connectivity index (χ2n) is 4.62. The molecule has 1 aromatic carbocycles. The van der Waals surface area contributed by atoms with Crippen LogP contribution in [0.4, 0.5) is 5.82 Å². The van der Waals surface area contributed by atoms with Crippen molar-refractivity contribution in [1.29, 1.82) is 0 Å². The van der Waals surface area contributed by atoms with Gasteiger partial charge in [-0.15, -0.1) is 11.8 Å². The molecule has 0 aliphatic heterocycles. The van der Waals surface area contributed by atoms with E-state index < -0.39 is 0 Å². The Kier molecular flexibility index (Phi) is 5.38. The lowest BCUT2D eigenvalue weighted by Gasteiger charge is -2.08. The summed E-state index contributed by atoms with van der Waals surface area (Å²) >= 11 is 1.71. The van der Waals surface area contributed by atoms with Crippen molar-refractivity contribution in [1.82, 2.24) is 9.97 Å². The molecule has 0 radical (unpaired) electrons. The van der Waals surface area contributed by atoms with Gasteiger partial charge in [0, 0.05) is 18.2 Å². The number of hydrogen-bond acceptors (Lipinski definition) is 5. The highest BCUT2D eigenvalue weighted by atomic mass is 32.2. The lowest BCUT2D eigenvalue weighted by molar-refractivity contribution is 0.810. The summed E-state index contributed by atoms with van der Waals surface area (Å²) < 4.78 is 0. The molecule has 5 heteroatoms. The van der Waals surface area contributed by atoms with Gasteiger partial charge in [-0.3, -0.25) is 0 Å². The van der Waals surface area contributed by atoms with Crippen LogP contribution in [0.5, 0.6) is 0 Å². The molecule has 2 aromatic rings. The molecule has 106 valence electrons. The van der Waals surface area contributed by atoms with Crippen LogP contribution in [0.25, 0.3) is 0 Å². The molecule has 4 nitrogen and oxygen atoms in total. The largest absolute Gasteiger partial charge is 0.308 e. The molecule has 0 bridgehead atoms. The fourth-order valence-corrected chi connectivity index (χ4v) is 2.87. The highest BCUT2D eigenvalue weighted by molar-refractivity contribution is 7.98. The van der Waals surface area contributed by atoms with E-state index >= 15 is 0 Å². The average Bonchev–Trinajstić information content (AvgIpc) is 2.46. The lowest BCUT2D eigenvalue weighted by atomic mass is 10.1. The topological polar surface area (TPSA) is 63.8 Å². The molecule has 0 saturated heterocycles. The summed E-state index contributed by atoms with van der Waals surface area (Å²) in [5.74, 6) is 7.89. The standard InChI is InChI=1S/C15H20N4S/c1-3-6-13-17-14(19-16)9-15(18-13)20-10-12-8-5-4-7-11(12)2/h4-5,7-9H,3,6,10,16H2,1-2H3,(H,17,18,19). The van der Waals surface area contributed by atoms with Crippen LogP contribution in [-0.4, -0.2) is 9.97 Å². The molecule has 0 fully saturated rings. The molecule has 2 rings (SSSR count). The maximum atomic E-state index is 5.47. The predicted octanol–water partition coefficient (Wildman–Crippen LogP) is 3.32. The number of rotatable bonds is 6. The maximum absolute atomic E-state index is 5.47. The molecule has 0 amide bonds. The fraction of sp³-hybridized carbons (Fsp3) is 0.333. The molecule has 3 N–H and O–H groups in total. The molecule has 0 spiro atoms. The Morgan fingerprint density at radius 1 is 1.25 bits per heavy atom. The average molecular weight is 288 g/mol. The van der Waals surface area contributed by atoms with Crippen molar-refractivity contribution in [3.8, 4) is 0 Å². The van der Waals surface area contributed by atoms with Crippen LogP contribution >= 0.6 is 11.8 Å². The monoisotopic (exact) mass is 288 g/mol. The first kappa shape index (κ1) is 14.8. The number of anilines is 1. The van der Waals surface area contributed by atoms with Gasteiger partial charge in [-0.2, -0.15) is 0 Å². The van der Waals surface area contributed by atoms with Gasteiger partial charge >= 0.3 is 0 Å². The molecule has 0 atom stereocenters. The van der Waals surface area contributed by atoms with E-state index in [-0.39, 0.29) is 0 Å². The SMILES string of the molecule is CCCc1nc(NN)cc(SCc2ccccc2C)n1. The summed E-state index contributed by atoms with van der Waals surface area (Å²) in [4.78, 5) is 8.93. The van der Waals surface area contributed by atoms with Crippen LogP contribution in [0, 0.1) is 6.92 Å². The van der Waals surface area contributed by atoms with E-state index in [1.165, 1.54) is 11.1 Å². The van der Waals surface area contributed by atoms with Crippen LogP contribution in [0.3, 0.4) is 0 Å². The minimum Gasteiger partial charge on any atom is -0.308 e. The third kappa shape index (κ3) is 3.95. The molecule has 1 heterocycles. The van der Waals surface area contributed by atoms with E-state index in [4.69, 9.17) is 5.84 Å². The number of hydrogen-bond donors (Lipinski definition) is 2. The Morgan fingerprint density at radius 3 is 2.75 bits per heavy atom. The van der Waals surface area contributed by atoms with E-state index in [1.54, 1.807) is 11.8 Å². The van der Waals surface area contributed by atoms with Gasteiger partial charge in [0.2, 0.25) is 0 Å². The van der Waals surface area contributed by atoms with Crippen molar-refractivity contribution in [2.45, 2.75) is 37.5 Å². The second-order valence-corrected chi connectivity index (χ2v) is 5.61. The number of nitrogens with one attached hydrogen (secondary N) is 1. The summed E-state index contributed by atoms with van der Waals surface area (Å²) in [7, 11) is 0. The fourth-order valence-electron chi connectivity index (χ4n) is 1.88. The zero-order valence-corrected chi connectivity index (χ0v) is 12.7. The quantitative estimate of drug-likeness (QED) is 0.369. The van der Waals surface area contributed by atoms with Gasteiger partial charge in [-0.25, -0.2) is 15.8 Å². The van der Waals surface area contributed by atoms with E-state index in [1.807, 2.05) is 6.07 Å². The summed E-state index contributed by atoms with van der Waals surface area (Å²) in [6.45, 7) is 4.25. The Hall–Kier alpha value is -1.59. The van der Waals surface area contributed by atoms with Crippen molar-refractivity contribution >= 4 is 17.6 Å². The zero-order chi connectivity index (χ0) is 14.4. The normalized spacial score (nSPS) is 10.6. The van der Waals surface area contributed by atoms with Crippen molar-refractivity contribution in [2.75, 3.05) is 5.43 Å². The molecule has 0 aliphatic rings. The highest BCUT2D eigenvalue weighted by Crippen LogP contribution is 2.24. The Balaban J connectivity index is 2.12. The van der Waals surface area contributed by atoms with Gasteiger partial charge in [0.1, 0.15) is 16.7 Å². The van der Waals surface area contributed by atoms with Gasteiger partial charge < -0.3 is 5.43 Å². The van der Waals surface area contributed by atoms with Crippen molar-refractivity contribution in [2.24, 2.45) is 5.84 Å². The van der Waals surface area contributed by atoms with Crippen molar-refractivity contribution in [3.05, 3.63) is 47.3 Å². The summed E-state index contributed by atoms with van der Waals surface area (Å²) in [6, 6.07) is 10.3.